The zero-order valence-electron chi connectivity index (χ0n) is 16.1. The fourth-order valence-corrected chi connectivity index (χ4v) is 2.92. The minimum atomic E-state index is -1.15. The molecule has 2 aromatic heterocycles. The summed E-state index contributed by atoms with van der Waals surface area (Å²) in [6.07, 6.45) is 1.33. The molecule has 0 atom stereocenters. The highest BCUT2D eigenvalue weighted by Gasteiger charge is 2.17. The molecule has 0 radical (unpaired) electrons. The molecule has 0 spiro atoms. The fraction of sp³-hybridized carbons (Fsp3) is 0.263. The van der Waals surface area contributed by atoms with Gasteiger partial charge in [-0.15, -0.1) is 0 Å². The molecule has 1 amide bonds. The molecule has 10 heteroatoms. The highest BCUT2D eigenvalue weighted by molar-refractivity contribution is 6.31. The summed E-state index contributed by atoms with van der Waals surface area (Å²) in [6, 6.07) is 6.70. The Morgan fingerprint density at radius 2 is 1.97 bits per heavy atom. The van der Waals surface area contributed by atoms with Gasteiger partial charge in [0, 0.05) is 11.2 Å². The van der Waals surface area contributed by atoms with Gasteiger partial charge in [0.25, 0.3) is 0 Å². The van der Waals surface area contributed by atoms with Gasteiger partial charge in [-0.2, -0.15) is 10.2 Å². The van der Waals surface area contributed by atoms with E-state index in [2.05, 4.69) is 15.5 Å². The van der Waals surface area contributed by atoms with Crippen LogP contribution in [0.15, 0.2) is 30.5 Å². The van der Waals surface area contributed by atoms with Gasteiger partial charge < -0.3 is 15.2 Å². The Bertz CT molecular complexity index is 1070. The van der Waals surface area contributed by atoms with Gasteiger partial charge in [0.1, 0.15) is 18.0 Å². The molecule has 0 aliphatic rings. The van der Waals surface area contributed by atoms with Crippen LogP contribution in [0.3, 0.4) is 0 Å². The van der Waals surface area contributed by atoms with E-state index < -0.39 is 11.9 Å². The Balaban J connectivity index is 1.68. The number of hydrogen-bond donors (Lipinski definition) is 2. The number of halogens is 1. The van der Waals surface area contributed by atoms with E-state index in [1.54, 1.807) is 23.7 Å². The normalized spacial score (nSPS) is 10.8. The molecular weight excluding hydrogens is 398 g/mol. The van der Waals surface area contributed by atoms with Crippen LogP contribution in [-0.4, -0.2) is 36.5 Å². The van der Waals surface area contributed by atoms with Crippen molar-refractivity contribution in [1.82, 2.24) is 19.6 Å². The van der Waals surface area contributed by atoms with E-state index >= 15 is 0 Å². The van der Waals surface area contributed by atoms with Crippen LogP contribution in [0.1, 0.15) is 27.4 Å². The van der Waals surface area contributed by atoms with E-state index in [9.17, 15) is 9.59 Å². The summed E-state index contributed by atoms with van der Waals surface area (Å²) in [5.74, 6) is -0.897. The lowest BCUT2D eigenvalue weighted by Crippen LogP contribution is -2.22. The maximum absolute atomic E-state index is 12.4. The fourth-order valence-electron chi connectivity index (χ4n) is 2.80. The second kappa shape index (κ2) is 8.36. The third kappa shape index (κ3) is 4.57. The second-order valence-corrected chi connectivity index (χ2v) is 6.86. The predicted octanol–water partition coefficient (Wildman–Crippen LogP) is 3.03. The molecule has 152 valence electrons. The Labute approximate surface area is 171 Å². The van der Waals surface area contributed by atoms with Crippen LogP contribution in [0.25, 0.3) is 0 Å². The first-order valence-electron chi connectivity index (χ1n) is 8.74. The van der Waals surface area contributed by atoms with E-state index in [0.29, 0.717) is 27.8 Å². The number of anilines is 1. The first kappa shape index (κ1) is 20.4. The lowest BCUT2D eigenvalue weighted by Gasteiger charge is -2.10. The number of ether oxygens (including phenoxy) is 1. The Hall–Kier alpha value is -3.33. The van der Waals surface area contributed by atoms with Crippen molar-refractivity contribution in [3.05, 3.63) is 58.1 Å². The lowest BCUT2D eigenvalue weighted by atomic mass is 10.2. The summed E-state index contributed by atoms with van der Waals surface area (Å²) in [7, 11) is 0. The van der Waals surface area contributed by atoms with Gasteiger partial charge in [0.05, 0.1) is 17.1 Å². The highest BCUT2D eigenvalue weighted by Crippen LogP contribution is 2.23. The highest BCUT2D eigenvalue weighted by atomic mass is 35.5. The number of aryl methyl sites for hydroxylation is 2. The summed E-state index contributed by atoms with van der Waals surface area (Å²) in [5.41, 5.74) is 2.72. The van der Waals surface area contributed by atoms with Crippen molar-refractivity contribution in [2.75, 3.05) is 5.32 Å². The Morgan fingerprint density at radius 3 is 2.66 bits per heavy atom. The molecule has 0 aliphatic heterocycles. The van der Waals surface area contributed by atoms with E-state index in [0.717, 1.165) is 10.2 Å². The molecule has 2 N–H and O–H groups in total. The minimum absolute atomic E-state index is 0.0593. The average molecular weight is 418 g/mol. The Kier molecular flexibility index (Phi) is 5.88. The van der Waals surface area contributed by atoms with Crippen molar-refractivity contribution in [3.63, 3.8) is 0 Å². The molecule has 3 aromatic rings. The molecule has 0 saturated heterocycles. The molecule has 0 saturated carbocycles. The molecule has 0 bridgehead atoms. The second-order valence-electron chi connectivity index (χ2n) is 6.46. The molecule has 1 aromatic carbocycles. The van der Waals surface area contributed by atoms with Crippen molar-refractivity contribution < 1.29 is 19.4 Å². The standard InChI is InChI=1S/C19H20ClN5O4/c1-11-8-14(4-5-15(11)20)29-10-25-13(3)18(12(2)23-25)22-17(26)9-24-16(19(27)28)6-7-21-24/h4-8H,9-10H2,1-3H3,(H,22,26)(H,27,28). The molecule has 29 heavy (non-hydrogen) atoms. The lowest BCUT2D eigenvalue weighted by molar-refractivity contribution is -0.116. The maximum Gasteiger partial charge on any atom is 0.354 e. The molecular formula is C19H20ClN5O4. The largest absolute Gasteiger partial charge is 0.477 e. The molecule has 0 unspecified atom stereocenters. The van der Waals surface area contributed by atoms with Gasteiger partial charge in [-0.25, -0.2) is 14.2 Å². The van der Waals surface area contributed by atoms with E-state index in [4.69, 9.17) is 21.4 Å². The molecule has 2 heterocycles. The van der Waals surface area contributed by atoms with E-state index in [1.165, 1.54) is 12.3 Å². The van der Waals surface area contributed by atoms with E-state index in [1.807, 2.05) is 19.9 Å². The number of benzene rings is 1. The van der Waals surface area contributed by atoms with Crippen molar-refractivity contribution in [2.45, 2.75) is 34.0 Å². The Morgan fingerprint density at radius 1 is 1.21 bits per heavy atom. The van der Waals surface area contributed by atoms with Crippen LogP contribution in [-0.2, 0) is 18.1 Å². The molecule has 0 aliphatic carbocycles. The minimum Gasteiger partial charge on any atom is -0.477 e. The number of carbonyl (C=O) groups excluding carboxylic acids is 1. The zero-order valence-corrected chi connectivity index (χ0v) is 16.9. The van der Waals surface area contributed by atoms with Crippen LogP contribution in [0.4, 0.5) is 5.69 Å². The van der Waals surface area contributed by atoms with Crippen LogP contribution < -0.4 is 10.1 Å². The van der Waals surface area contributed by atoms with E-state index in [-0.39, 0.29) is 19.0 Å². The number of carbonyl (C=O) groups is 2. The first-order valence-corrected chi connectivity index (χ1v) is 9.12. The summed E-state index contributed by atoms with van der Waals surface area (Å²) in [5, 5.41) is 20.8. The zero-order chi connectivity index (χ0) is 21.1. The van der Waals surface area contributed by atoms with Crippen LogP contribution in [0.5, 0.6) is 5.75 Å². The number of rotatable bonds is 7. The molecule has 9 nitrogen and oxygen atoms in total. The number of carboxylic acid groups (broad SMARTS) is 1. The van der Waals surface area contributed by atoms with Crippen molar-refractivity contribution in [2.24, 2.45) is 0 Å². The van der Waals surface area contributed by atoms with Crippen molar-refractivity contribution >= 4 is 29.2 Å². The number of carboxylic acids is 1. The predicted molar refractivity (Wildman–Crippen MR) is 106 cm³/mol. The van der Waals surface area contributed by atoms with Gasteiger partial charge in [-0.3, -0.25) is 4.79 Å². The van der Waals surface area contributed by atoms with Crippen LogP contribution in [0.2, 0.25) is 5.02 Å². The number of amides is 1. The van der Waals surface area contributed by atoms with Gasteiger partial charge in [0.15, 0.2) is 6.73 Å². The topological polar surface area (TPSA) is 111 Å². The smallest absolute Gasteiger partial charge is 0.354 e. The summed E-state index contributed by atoms with van der Waals surface area (Å²) < 4.78 is 8.51. The van der Waals surface area contributed by atoms with Crippen LogP contribution in [0, 0.1) is 20.8 Å². The number of aromatic nitrogens is 4. The number of hydrogen-bond acceptors (Lipinski definition) is 5. The van der Waals surface area contributed by atoms with Gasteiger partial charge in [0.2, 0.25) is 5.91 Å². The monoisotopic (exact) mass is 417 g/mol. The number of aromatic carboxylic acids is 1. The summed E-state index contributed by atoms with van der Waals surface area (Å²) in [4.78, 5) is 23.5. The van der Waals surface area contributed by atoms with Crippen molar-refractivity contribution in [1.29, 1.82) is 0 Å². The average Bonchev–Trinajstić information content (AvgIpc) is 3.22. The van der Waals surface area contributed by atoms with Crippen molar-refractivity contribution in [3.8, 4) is 5.75 Å². The molecule has 3 rings (SSSR count). The van der Waals surface area contributed by atoms with Gasteiger partial charge >= 0.3 is 5.97 Å². The number of nitrogens with zero attached hydrogens (tertiary/aromatic N) is 4. The van der Waals surface area contributed by atoms with Gasteiger partial charge in [-0.1, -0.05) is 11.6 Å². The van der Waals surface area contributed by atoms with Crippen LogP contribution >= 0.6 is 11.6 Å². The maximum atomic E-state index is 12.4. The summed E-state index contributed by atoms with van der Waals surface area (Å²) >= 11 is 6.02. The third-order valence-corrected chi connectivity index (χ3v) is 4.78. The number of nitrogens with one attached hydrogen (secondary N) is 1. The third-order valence-electron chi connectivity index (χ3n) is 4.36. The molecule has 0 fully saturated rings. The quantitative estimate of drug-likeness (QED) is 0.611. The summed E-state index contributed by atoms with van der Waals surface area (Å²) in [6.45, 7) is 5.40. The van der Waals surface area contributed by atoms with Gasteiger partial charge in [-0.05, 0) is 50.6 Å². The SMILES string of the molecule is Cc1cc(OCn2nc(C)c(NC(=O)Cn3nccc3C(=O)O)c2C)ccc1Cl. The first-order chi connectivity index (χ1) is 13.8.